The first-order valence-electron chi connectivity index (χ1n) is 6.82. The van der Waals surface area contributed by atoms with E-state index in [-0.39, 0.29) is 0 Å². The van der Waals surface area contributed by atoms with Crippen LogP contribution in [0.25, 0.3) is 22.3 Å². The summed E-state index contributed by atoms with van der Waals surface area (Å²) in [6, 6.07) is 24.6. The highest BCUT2D eigenvalue weighted by atomic mass is 16.3. The van der Waals surface area contributed by atoms with Crippen LogP contribution in [0.1, 0.15) is 17.2 Å². The van der Waals surface area contributed by atoms with Gasteiger partial charge in [0.15, 0.2) is 0 Å². The molecule has 20 heavy (non-hydrogen) atoms. The molecule has 0 saturated heterocycles. The third-order valence-electron chi connectivity index (χ3n) is 4.01. The number of hydrogen-bond donors (Lipinski definition) is 1. The average molecular weight is 258 g/mol. The molecule has 0 bridgehead atoms. The van der Waals surface area contributed by atoms with Crippen LogP contribution in [-0.4, -0.2) is 5.11 Å². The lowest BCUT2D eigenvalue weighted by Gasteiger charge is -2.12. The molecule has 0 spiro atoms. The van der Waals surface area contributed by atoms with Gasteiger partial charge in [-0.1, -0.05) is 72.8 Å². The number of aliphatic hydroxyl groups is 1. The molecule has 0 amide bonds. The lowest BCUT2D eigenvalue weighted by Crippen LogP contribution is -1.96. The first-order valence-corrected chi connectivity index (χ1v) is 6.82. The maximum atomic E-state index is 10.7. The van der Waals surface area contributed by atoms with Gasteiger partial charge in [0, 0.05) is 5.56 Å². The smallest absolute Gasteiger partial charge is 0.106 e. The number of fused-ring (bicyclic) bond motifs is 3. The second-order valence-corrected chi connectivity index (χ2v) is 5.12. The summed E-state index contributed by atoms with van der Waals surface area (Å²) >= 11 is 0. The zero-order chi connectivity index (χ0) is 13.5. The summed E-state index contributed by atoms with van der Waals surface area (Å²) in [5, 5.41) is 10.7. The van der Waals surface area contributed by atoms with Gasteiger partial charge in [-0.3, -0.25) is 0 Å². The van der Waals surface area contributed by atoms with E-state index in [9.17, 15) is 5.11 Å². The number of rotatable bonds is 1. The summed E-state index contributed by atoms with van der Waals surface area (Å²) in [5.41, 5.74) is 6.59. The molecule has 1 atom stereocenters. The third kappa shape index (κ3) is 1.54. The minimum atomic E-state index is -0.530. The van der Waals surface area contributed by atoms with Gasteiger partial charge >= 0.3 is 0 Å². The lowest BCUT2D eigenvalue weighted by molar-refractivity contribution is 0.226. The summed E-state index contributed by atoms with van der Waals surface area (Å²) in [4.78, 5) is 0. The second-order valence-electron chi connectivity index (χ2n) is 5.12. The van der Waals surface area contributed by atoms with Gasteiger partial charge in [0.25, 0.3) is 0 Å². The summed E-state index contributed by atoms with van der Waals surface area (Å²) in [6.07, 6.45) is -0.530. The molecule has 96 valence electrons. The maximum Gasteiger partial charge on any atom is 0.106 e. The van der Waals surface area contributed by atoms with E-state index < -0.39 is 6.10 Å². The van der Waals surface area contributed by atoms with E-state index >= 15 is 0 Å². The van der Waals surface area contributed by atoms with Gasteiger partial charge in [-0.2, -0.15) is 0 Å². The van der Waals surface area contributed by atoms with E-state index in [1.54, 1.807) is 0 Å². The Morgan fingerprint density at radius 2 is 1.25 bits per heavy atom. The highest BCUT2D eigenvalue weighted by Gasteiger charge is 2.28. The Labute approximate surface area is 118 Å². The number of hydrogen-bond acceptors (Lipinski definition) is 1. The summed E-state index contributed by atoms with van der Waals surface area (Å²) in [7, 11) is 0. The van der Waals surface area contributed by atoms with Crippen molar-refractivity contribution in [2.45, 2.75) is 6.10 Å². The minimum Gasteiger partial charge on any atom is -0.384 e. The largest absolute Gasteiger partial charge is 0.384 e. The van der Waals surface area contributed by atoms with E-state index in [0.717, 1.165) is 33.4 Å². The standard InChI is InChI=1S/C19H14O/c20-19-17-10-5-4-9-15(17)16-12-6-11-14(18(16)19)13-7-2-1-3-8-13/h1-12,19-20H. The van der Waals surface area contributed by atoms with Crippen molar-refractivity contribution in [3.63, 3.8) is 0 Å². The van der Waals surface area contributed by atoms with Crippen LogP contribution < -0.4 is 0 Å². The number of aliphatic hydroxyl groups excluding tert-OH is 1. The molecule has 0 heterocycles. The first kappa shape index (κ1) is 11.4. The zero-order valence-corrected chi connectivity index (χ0v) is 11.0. The van der Waals surface area contributed by atoms with Crippen molar-refractivity contribution in [3.8, 4) is 22.3 Å². The topological polar surface area (TPSA) is 20.2 Å². The van der Waals surface area contributed by atoms with E-state index in [2.05, 4.69) is 36.4 Å². The highest BCUT2D eigenvalue weighted by molar-refractivity contribution is 5.85. The van der Waals surface area contributed by atoms with Crippen molar-refractivity contribution >= 4 is 0 Å². The Morgan fingerprint density at radius 1 is 0.600 bits per heavy atom. The molecule has 0 fully saturated rings. The monoisotopic (exact) mass is 258 g/mol. The normalized spacial score (nSPS) is 15.8. The second kappa shape index (κ2) is 4.32. The van der Waals surface area contributed by atoms with E-state index in [0.29, 0.717) is 0 Å². The van der Waals surface area contributed by atoms with Gasteiger partial charge in [0.05, 0.1) is 0 Å². The quantitative estimate of drug-likeness (QED) is 0.685. The van der Waals surface area contributed by atoms with E-state index in [1.807, 2.05) is 36.4 Å². The molecule has 1 N–H and O–H groups in total. The van der Waals surface area contributed by atoms with Crippen LogP contribution in [-0.2, 0) is 0 Å². The summed E-state index contributed by atoms with van der Waals surface area (Å²) < 4.78 is 0. The van der Waals surface area contributed by atoms with Crippen molar-refractivity contribution in [2.75, 3.05) is 0 Å². The van der Waals surface area contributed by atoms with Crippen molar-refractivity contribution in [3.05, 3.63) is 83.9 Å². The van der Waals surface area contributed by atoms with Crippen molar-refractivity contribution < 1.29 is 5.11 Å². The van der Waals surface area contributed by atoms with Crippen molar-refractivity contribution in [2.24, 2.45) is 0 Å². The lowest BCUT2D eigenvalue weighted by atomic mass is 9.95. The molecular weight excluding hydrogens is 244 g/mol. The van der Waals surface area contributed by atoms with Gasteiger partial charge in [-0.15, -0.1) is 0 Å². The molecule has 1 unspecified atom stereocenters. The van der Waals surface area contributed by atoms with Crippen molar-refractivity contribution in [1.29, 1.82) is 0 Å². The predicted octanol–water partition coefficient (Wildman–Crippen LogP) is 4.42. The fourth-order valence-corrected chi connectivity index (χ4v) is 3.10. The Bertz CT molecular complexity index is 775. The van der Waals surface area contributed by atoms with Crippen LogP contribution in [0.15, 0.2) is 72.8 Å². The minimum absolute atomic E-state index is 0.530. The fraction of sp³-hybridized carbons (Fsp3) is 0.0526. The number of benzene rings is 3. The predicted molar refractivity (Wildman–Crippen MR) is 81.4 cm³/mol. The van der Waals surface area contributed by atoms with Crippen molar-refractivity contribution in [1.82, 2.24) is 0 Å². The van der Waals surface area contributed by atoms with E-state index in [4.69, 9.17) is 0 Å². The molecule has 3 aromatic rings. The molecule has 0 aliphatic heterocycles. The maximum absolute atomic E-state index is 10.7. The van der Waals surface area contributed by atoms with Gasteiger partial charge in [-0.05, 0) is 27.8 Å². The summed E-state index contributed by atoms with van der Waals surface area (Å²) in [6.45, 7) is 0. The highest BCUT2D eigenvalue weighted by Crippen LogP contribution is 2.47. The zero-order valence-electron chi connectivity index (χ0n) is 11.0. The molecule has 1 heteroatoms. The average Bonchev–Trinajstić information content (AvgIpc) is 2.82. The van der Waals surface area contributed by atoms with Crippen LogP contribution >= 0.6 is 0 Å². The Balaban J connectivity index is 2.00. The molecule has 1 nitrogen and oxygen atoms in total. The molecule has 4 rings (SSSR count). The molecule has 3 aromatic carbocycles. The van der Waals surface area contributed by atoms with Crippen LogP contribution in [0.2, 0.25) is 0 Å². The Hall–Kier alpha value is -2.38. The first-order chi connectivity index (χ1) is 9.86. The van der Waals surface area contributed by atoms with Gasteiger partial charge < -0.3 is 5.11 Å². The Morgan fingerprint density at radius 3 is 2.10 bits per heavy atom. The fourth-order valence-electron chi connectivity index (χ4n) is 3.10. The van der Waals surface area contributed by atoms with Gasteiger partial charge in [0.2, 0.25) is 0 Å². The van der Waals surface area contributed by atoms with Crippen LogP contribution in [0, 0.1) is 0 Å². The summed E-state index contributed by atoms with van der Waals surface area (Å²) in [5.74, 6) is 0. The third-order valence-corrected chi connectivity index (χ3v) is 4.01. The van der Waals surface area contributed by atoms with Gasteiger partial charge in [0.1, 0.15) is 6.10 Å². The molecule has 0 radical (unpaired) electrons. The molecular formula is C19H14O. The molecule has 0 saturated carbocycles. The van der Waals surface area contributed by atoms with Gasteiger partial charge in [-0.25, -0.2) is 0 Å². The molecule has 0 aromatic heterocycles. The molecule has 1 aliphatic rings. The Kier molecular flexibility index (Phi) is 2.48. The molecule has 1 aliphatic carbocycles. The van der Waals surface area contributed by atoms with Crippen LogP contribution in [0.3, 0.4) is 0 Å². The van der Waals surface area contributed by atoms with Crippen LogP contribution in [0.4, 0.5) is 0 Å². The van der Waals surface area contributed by atoms with E-state index in [1.165, 1.54) is 0 Å². The van der Waals surface area contributed by atoms with Crippen LogP contribution in [0.5, 0.6) is 0 Å². The SMILES string of the molecule is OC1c2ccccc2-c2cccc(-c3ccccc3)c21.